The van der Waals surface area contributed by atoms with Crippen LogP contribution in [-0.4, -0.2) is 7.11 Å². The van der Waals surface area contributed by atoms with Gasteiger partial charge < -0.3 is 10.1 Å². The number of halogens is 3. The fraction of sp³-hybridized carbons (Fsp3) is 0.143. The van der Waals surface area contributed by atoms with E-state index in [0.717, 1.165) is 11.3 Å². The van der Waals surface area contributed by atoms with Crippen LogP contribution in [0.4, 0.5) is 5.69 Å². The normalized spacial score (nSPS) is 10.3. The predicted octanol–water partition coefficient (Wildman–Crippen LogP) is 5.27. The maximum atomic E-state index is 6.07. The first kappa shape index (κ1) is 14.3. The molecule has 2 aromatic carbocycles. The van der Waals surface area contributed by atoms with Gasteiger partial charge in [-0.3, -0.25) is 0 Å². The second-order valence-corrected chi connectivity index (χ2v) is 5.17. The third kappa shape index (κ3) is 3.69. The van der Waals surface area contributed by atoms with Gasteiger partial charge in [0.25, 0.3) is 0 Å². The summed E-state index contributed by atoms with van der Waals surface area (Å²) in [6.45, 7) is 0.641. The summed E-state index contributed by atoms with van der Waals surface area (Å²) < 4.78 is 5.11. The number of nitrogens with one attached hydrogen (secondary N) is 1. The molecule has 0 saturated heterocycles. The molecule has 0 unspecified atom stereocenters. The van der Waals surface area contributed by atoms with Crippen molar-refractivity contribution in [1.82, 2.24) is 0 Å². The largest absolute Gasteiger partial charge is 0.495 e. The van der Waals surface area contributed by atoms with Gasteiger partial charge in [-0.2, -0.15) is 0 Å². The highest BCUT2D eigenvalue weighted by Gasteiger charge is 2.03. The van der Waals surface area contributed by atoms with Crippen molar-refractivity contribution in [3.63, 3.8) is 0 Å². The van der Waals surface area contributed by atoms with Crippen molar-refractivity contribution in [3.05, 3.63) is 57.0 Å². The molecule has 0 aliphatic rings. The molecule has 2 aromatic rings. The molecular weight excluding hydrogens is 305 g/mol. The third-order valence-corrected chi connectivity index (χ3v) is 3.67. The van der Waals surface area contributed by atoms with E-state index in [1.165, 1.54) is 0 Å². The average molecular weight is 317 g/mol. The molecule has 1 N–H and O–H groups in total. The predicted molar refractivity (Wildman–Crippen MR) is 81.8 cm³/mol. The third-order valence-electron chi connectivity index (χ3n) is 2.63. The first-order valence-corrected chi connectivity index (χ1v) is 6.75. The van der Waals surface area contributed by atoms with E-state index in [9.17, 15) is 0 Å². The highest BCUT2D eigenvalue weighted by molar-refractivity contribution is 6.42. The lowest BCUT2D eigenvalue weighted by molar-refractivity contribution is 0.415. The SMILES string of the molecule is COc1ccc(CNc2ccc(Cl)c(Cl)c2)cc1Cl. The van der Waals surface area contributed by atoms with Crippen LogP contribution in [0.3, 0.4) is 0 Å². The van der Waals surface area contributed by atoms with E-state index in [0.29, 0.717) is 27.4 Å². The summed E-state index contributed by atoms with van der Waals surface area (Å²) in [5.74, 6) is 0.667. The summed E-state index contributed by atoms with van der Waals surface area (Å²) in [5, 5.41) is 4.91. The molecule has 2 nitrogen and oxygen atoms in total. The molecule has 0 spiro atoms. The average Bonchev–Trinajstić information content (AvgIpc) is 2.40. The van der Waals surface area contributed by atoms with Gasteiger partial charge in [0.2, 0.25) is 0 Å². The molecule has 0 heterocycles. The quantitative estimate of drug-likeness (QED) is 0.830. The maximum absolute atomic E-state index is 6.07. The van der Waals surface area contributed by atoms with Crippen LogP contribution < -0.4 is 10.1 Å². The molecular formula is C14H12Cl3NO. The van der Waals surface area contributed by atoms with E-state index in [1.54, 1.807) is 19.2 Å². The lowest BCUT2D eigenvalue weighted by Crippen LogP contribution is -1.99. The molecule has 0 saturated carbocycles. The smallest absolute Gasteiger partial charge is 0.137 e. The van der Waals surface area contributed by atoms with Gasteiger partial charge in [0, 0.05) is 12.2 Å². The van der Waals surface area contributed by atoms with Crippen molar-refractivity contribution in [1.29, 1.82) is 0 Å². The summed E-state index contributed by atoms with van der Waals surface area (Å²) in [6.07, 6.45) is 0. The first-order chi connectivity index (χ1) is 9.10. The molecule has 0 radical (unpaired) electrons. The summed E-state index contributed by atoms with van der Waals surface area (Å²) in [7, 11) is 1.59. The first-order valence-electron chi connectivity index (χ1n) is 5.61. The number of anilines is 1. The minimum atomic E-state index is 0.527. The molecule has 2 rings (SSSR count). The van der Waals surface area contributed by atoms with Gasteiger partial charge in [-0.15, -0.1) is 0 Å². The second-order valence-electron chi connectivity index (χ2n) is 3.95. The van der Waals surface area contributed by atoms with Crippen molar-refractivity contribution in [3.8, 4) is 5.75 Å². The Morgan fingerprint density at radius 1 is 0.947 bits per heavy atom. The molecule has 0 amide bonds. The summed E-state index contributed by atoms with van der Waals surface area (Å²) in [6, 6.07) is 11.1. The molecule has 5 heteroatoms. The van der Waals surface area contributed by atoms with Crippen LogP contribution in [0.25, 0.3) is 0 Å². The standard InChI is InChI=1S/C14H12Cl3NO/c1-19-14-5-2-9(6-13(14)17)8-18-10-3-4-11(15)12(16)7-10/h2-7,18H,8H2,1H3. The van der Waals surface area contributed by atoms with Crippen molar-refractivity contribution in [2.45, 2.75) is 6.54 Å². The number of methoxy groups -OCH3 is 1. The van der Waals surface area contributed by atoms with E-state index in [1.807, 2.05) is 24.3 Å². The number of ether oxygens (including phenoxy) is 1. The van der Waals surface area contributed by atoms with E-state index in [2.05, 4.69) is 5.32 Å². The monoisotopic (exact) mass is 315 g/mol. The Bertz CT molecular complexity index is 587. The minimum Gasteiger partial charge on any atom is -0.495 e. The molecule has 0 aliphatic heterocycles. The minimum absolute atomic E-state index is 0.527. The Labute approximate surface area is 127 Å². The van der Waals surface area contributed by atoms with Gasteiger partial charge in [0.15, 0.2) is 0 Å². The number of hydrogen-bond donors (Lipinski definition) is 1. The lowest BCUT2D eigenvalue weighted by atomic mass is 10.2. The van der Waals surface area contributed by atoms with Crippen LogP contribution >= 0.6 is 34.8 Å². The molecule has 0 atom stereocenters. The Kier molecular flexibility index (Phi) is 4.81. The van der Waals surface area contributed by atoms with Crippen LogP contribution in [0.15, 0.2) is 36.4 Å². The van der Waals surface area contributed by atoms with Gasteiger partial charge in [-0.1, -0.05) is 40.9 Å². The van der Waals surface area contributed by atoms with Crippen LogP contribution in [0, 0.1) is 0 Å². The van der Waals surface area contributed by atoms with E-state index in [4.69, 9.17) is 39.5 Å². The summed E-state index contributed by atoms with van der Waals surface area (Å²) in [5.41, 5.74) is 1.96. The van der Waals surface area contributed by atoms with Gasteiger partial charge >= 0.3 is 0 Å². The van der Waals surface area contributed by atoms with Crippen LogP contribution in [-0.2, 0) is 6.54 Å². The molecule has 0 fully saturated rings. The fourth-order valence-corrected chi connectivity index (χ4v) is 2.21. The van der Waals surface area contributed by atoms with Crippen LogP contribution in [0.5, 0.6) is 5.75 Å². The Balaban J connectivity index is 2.05. The van der Waals surface area contributed by atoms with E-state index >= 15 is 0 Å². The maximum Gasteiger partial charge on any atom is 0.137 e. The van der Waals surface area contributed by atoms with Gasteiger partial charge in [-0.05, 0) is 35.9 Å². The van der Waals surface area contributed by atoms with Gasteiger partial charge in [-0.25, -0.2) is 0 Å². The van der Waals surface area contributed by atoms with Gasteiger partial charge in [0.1, 0.15) is 5.75 Å². The number of benzene rings is 2. The molecule has 0 aromatic heterocycles. The van der Waals surface area contributed by atoms with Crippen molar-refractivity contribution in [2.24, 2.45) is 0 Å². The molecule has 0 aliphatic carbocycles. The zero-order valence-corrected chi connectivity index (χ0v) is 12.5. The highest BCUT2D eigenvalue weighted by Crippen LogP contribution is 2.27. The summed E-state index contributed by atoms with van der Waals surface area (Å²) in [4.78, 5) is 0. The topological polar surface area (TPSA) is 21.3 Å². The molecule has 19 heavy (non-hydrogen) atoms. The van der Waals surface area contributed by atoms with Crippen molar-refractivity contribution < 1.29 is 4.74 Å². The Morgan fingerprint density at radius 2 is 1.74 bits per heavy atom. The zero-order chi connectivity index (χ0) is 13.8. The molecule has 0 bridgehead atoms. The zero-order valence-electron chi connectivity index (χ0n) is 10.2. The summed E-state index contributed by atoms with van der Waals surface area (Å²) >= 11 is 17.9. The van der Waals surface area contributed by atoms with Gasteiger partial charge in [0.05, 0.1) is 22.2 Å². The van der Waals surface area contributed by atoms with Crippen molar-refractivity contribution in [2.75, 3.05) is 12.4 Å². The molecule has 100 valence electrons. The highest BCUT2D eigenvalue weighted by atomic mass is 35.5. The second kappa shape index (κ2) is 6.38. The van der Waals surface area contributed by atoms with Crippen molar-refractivity contribution >= 4 is 40.5 Å². The fourth-order valence-electron chi connectivity index (χ4n) is 1.63. The van der Waals surface area contributed by atoms with E-state index in [-0.39, 0.29) is 0 Å². The van der Waals surface area contributed by atoms with E-state index < -0.39 is 0 Å². The van der Waals surface area contributed by atoms with Crippen LogP contribution in [0.2, 0.25) is 15.1 Å². The van der Waals surface area contributed by atoms with Crippen LogP contribution in [0.1, 0.15) is 5.56 Å². The lowest BCUT2D eigenvalue weighted by Gasteiger charge is -2.09. The Morgan fingerprint density at radius 3 is 2.37 bits per heavy atom. The number of rotatable bonds is 4. The number of hydrogen-bond acceptors (Lipinski definition) is 2. The Hall–Kier alpha value is -1.09.